The van der Waals surface area contributed by atoms with Crippen molar-refractivity contribution in [1.29, 1.82) is 0 Å². The zero-order chi connectivity index (χ0) is 14.5. The summed E-state index contributed by atoms with van der Waals surface area (Å²) in [6.07, 6.45) is 3.25. The first kappa shape index (κ1) is 14.5. The van der Waals surface area contributed by atoms with Gasteiger partial charge in [-0.25, -0.2) is 0 Å². The maximum Gasteiger partial charge on any atom is 0.160 e. The van der Waals surface area contributed by atoms with E-state index in [-0.39, 0.29) is 5.78 Å². The third kappa shape index (κ3) is 3.16. The summed E-state index contributed by atoms with van der Waals surface area (Å²) in [6, 6.07) is 14.7. The highest BCUT2D eigenvalue weighted by atomic mass is 16.1. The molecule has 0 aliphatic heterocycles. The van der Waals surface area contributed by atoms with E-state index in [0.717, 1.165) is 30.4 Å². The smallest absolute Gasteiger partial charge is 0.160 e. The average Bonchev–Trinajstić information content (AvgIpc) is 2.45. The first-order valence-corrected chi connectivity index (χ1v) is 7.33. The lowest BCUT2D eigenvalue weighted by Crippen LogP contribution is -2.04. The van der Waals surface area contributed by atoms with Gasteiger partial charge in [0.2, 0.25) is 0 Å². The van der Waals surface area contributed by atoms with Crippen molar-refractivity contribution in [1.82, 2.24) is 0 Å². The summed E-state index contributed by atoms with van der Waals surface area (Å²) in [4.78, 5) is 11.9. The van der Waals surface area contributed by atoms with E-state index in [1.54, 1.807) is 6.92 Å². The summed E-state index contributed by atoms with van der Waals surface area (Å²) in [7, 11) is 0. The lowest BCUT2D eigenvalue weighted by atomic mass is 9.91. The molecule has 0 saturated heterocycles. The van der Waals surface area contributed by atoms with Crippen molar-refractivity contribution in [3.05, 3.63) is 59.2 Å². The molecule has 0 amide bonds. The number of rotatable bonds is 5. The predicted molar refractivity (Wildman–Crippen MR) is 85.2 cm³/mol. The van der Waals surface area contributed by atoms with Gasteiger partial charge in [0.1, 0.15) is 0 Å². The van der Waals surface area contributed by atoms with Gasteiger partial charge in [0.15, 0.2) is 5.78 Å². The standard InChI is InChI=1S/C19H22O/c1-4-5-9-17-13-18(16-10-7-6-8-11-16)12-14(2)19(17)15(3)20/h6-8,10-13H,4-5,9H2,1-3H3. The highest BCUT2D eigenvalue weighted by Gasteiger charge is 2.12. The largest absolute Gasteiger partial charge is 0.294 e. The molecule has 0 spiro atoms. The number of Topliss-reactive ketones (excluding diaryl/α,β-unsaturated/α-hetero) is 1. The van der Waals surface area contributed by atoms with E-state index in [1.165, 1.54) is 16.7 Å². The van der Waals surface area contributed by atoms with Crippen LogP contribution in [0.25, 0.3) is 11.1 Å². The number of ketones is 1. The summed E-state index contributed by atoms with van der Waals surface area (Å²) in [5.41, 5.74) is 5.61. The number of hydrogen-bond acceptors (Lipinski definition) is 1. The van der Waals surface area contributed by atoms with E-state index in [1.807, 2.05) is 13.0 Å². The number of carbonyl (C=O) groups is 1. The van der Waals surface area contributed by atoms with Gasteiger partial charge in [-0.2, -0.15) is 0 Å². The van der Waals surface area contributed by atoms with Gasteiger partial charge in [-0.05, 0) is 48.9 Å². The third-order valence-corrected chi connectivity index (χ3v) is 3.68. The van der Waals surface area contributed by atoms with Crippen molar-refractivity contribution in [3.63, 3.8) is 0 Å². The third-order valence-electron chi connectivity index (χ3n) is 3.68. The maximum atomic E-state index is 11.9. The number of unbranched alkanes of at least 4 members (excludes halogenated alkanes) is 1. The van der Waals surface area contributed by atoms with E-state index >= 15 is 0 Å². The number of aryl methyl sites for hydroxylation is 2. The highest BCUT2D eigenvalue weighted by Crippen LogP contribution is 2.27. The van der Waals surface area contributed by atoms with E-state index in [2.05, 4.69) is 43.3 Å². The second-order valence-electron chi connectivity index (χ2n) is 5.35. The van der Waals surface area contributed by atoms with Crippen LogP contribution in [0.2, 0.25) is 0 Å². The maximum absolute atomic E-state index is 11.9. The molecule has 104 valence electrons. The second kappa shape index (κ2) is 6.51. The molecule has 2 rings (SSSR count). The molecule has 0 unspecified atom stereocenters. The van der Waals surface area contributed by atoms with Crippen molar-refractivity contribution < 1.29 is 4.79 Å². The first-order chi connectivity index (χ1) is 9.63. The van der Waals surface area contributed by atoms with Crippen LogP contribution in [0.3, 0.4) is 0 Å². The Morgan fingerprint density at radius 1 is 1.05 bits per heavy atom. The van der Waals surface area contributed by atoms with Gasteiger partial charge in [0.25, 0.3) is 0 Å². The van der Waals surface area contributed by atoms with Crippen LogP contribution in [0.5, 0.6) is 0 Å². The van der Waals surface area contributed by atoms with Gasteiger partial charge in [0, 0.05) is 5.56 Å². The Bertz CT molecular complexity index is 597. The topological polar surface area (TPSA) is 17.1 Å². The number of carbonyl (C=O) groups excluding carboxylic acids is 1. The minimum absolute atomic E-state index is 0.174. The van der Waals surface area contributed by atoms with Crippen molar-refractivity contribution in [3.8, 4) is 11.1 Å². The molecule has 2 aromatic rings. The molecule has 0 aliphatic carbocycles. The van der Waals surface area contributed by atoms with Gasteiger partial charge in [-0.15, -0.1) is 0 Å². The summed E-state index contributed by atoms with van der Waals surface area (Å²) in [5, 5.41) is 0. The van der Waals surface area contributed by atoms with Crippen LogP contribution in [0.1, 0.15) is 48.2 Å². The first-order valence-electron chi connectivity index (χ1n) is 7.33. The van der Waals surface area contributed by atoms with Crippen molar-refractivity contribution in [2.45, 2.75) is 40.0 Å². The molecule has 1 heteroatoms. The van der Waals surface area contributed by atoms with Gasteiger partial charge in [-0.1, -0.05) is 55.8 Å². The fourth-order valence-corrected chi connectivity index (χ4v) is 2.73. The Morgan fingerprint density at radius 3 is 2.35 bits per heavy atom. The van der Waals surface area contributed by atoms with Crippen LogP contribution in [0.15, 0.2) is 42.5 Å². The quantitative estimate of drug-likeness (QED) is 0.679. The van der Waals surface area contributed by atoms with Gasteiger partial charge < -0.3 is 0 Å². The minimum Gasteiger partial charge on any atom is -0.294 e. The molecule has 0 fully saturated rings. The molecule has 0 aliphatic rings. The van der Waals surface area contributed by atoms with Crippen molar-refractivity contribution in [2.24, 2.45) is 0 Å². The SMILES string of the molecule is CCCCc1cc(-c2ccccc2)cc(C)c1C(C)=O. The van der Waals surface area contributed by atoms with Crippen LogP contribution in [-0.4, -0.2) is 5.78 Å². The Morgan fingerprint density at radius 2 is 1.75 bits per heavy atom. The lowest BCUT2D eigenvalue weighted by molar-refractivity contribution is 0.101. The molecule has 20 heavy (non-hydrogen) atoms. The molecular formula is C19H22O. The van der Waals surface area contributed by atoms with Gasteiger partial charge in [-0.3, -0.25) is 4.79 Å². The Balaban J connectivity index is 2.51. The van der Waals surface area contributed by atoms with Crippen molar-refractivity contribution in [2.75, 3.05) is 0 Å². The summed E-state index contributed by atoms with van der Waals surface area (Å²) < 4.78 is 0. The average molecular weight is 266 g/mol. The number of hydrogen-bond donors (Lipinski definition) is 0. The monoisotopic (exact) mass is 266 g/mol. The molecule has 0 N–H and O–H groups in total. The molecule has 2 aromatic carbocycles. The zero-order valence-electron chi connectivity index (χ0n) is 12.6. The molecule has 1 nitrogen and oxygen atoms in total. The summed E-state index contributed by atoms with van der Waals surface area (Å²) in [6.45, 7) is 5.89. The molecule has 0 radical (unpaired) electrons. The second-order valence-corrected chi connectivity index (χ2v) is 5.35. The fraction of sp³-hybridized carbons (Fsp3) is 0.316. The summed E-state index contributed by atoms with van der Waals surface area (Å²) >= 11 is 0. The molecular weight excluding hydrogens is 244 g/mol. The van der Waals surface area contributed by atoms with Crippen LogP contribution in [0.4, 0.5) is 0 Å². The van der Waals surface area contributed by atoms with Crippen LogP contribution in [0, 0.1) is 6.92 Å². The van der Waals surface area contributed by atoms with Gasteiger partial charge >= 0.3 is 0 Å². The highest BCUT2D eigenvalue weighted by molar-refractivity contribution is 5.97. The lowest BCUT2D eigenvalue weighted by Gasteiger charge is -2.13. The Labute approximate surface area is 121 Å². The zero-order valence-corrected chi connectivity index (χ0v) is 12.6. The Kier molecular flexibility index (Phi) is 4.73. The Hall–Kier alpha value is -1.89. The normalized spacial score (nSPS) is 10.6. The van der Waals surface area contributed by atoms with Gasteiger partial charge in [0.05, 0.1) is 0 Å². The molecule has 0 bridgehead atoms. The van der Waals surface area contributed by atoms with Crippen molar-refractivity contribution >= 4 is 5.78 Å². The number of benzene rings is 2. The minimum atomic E-state index is 0.174. The molecule has 0 saturated carbocycles. The van der Waals surface area contributed by atoms with Crippen LogP contribution < -0.4 is 0 Å². The van der Waals surface area contributed by atoms with E-state index in [9.17, 15) is 4.79 Å². The predicted octanol–water partition coefficient (Wildman–Crippen LogP) is 5.21. The fourth-order valence-electron chi connectivity index (χ4n) is 2.73. The van der Waals surface area contributed by atoms with E-state index in [0.29, 0.717) is 0 Å². The molecule has 0 atom stereocenters. The van der Waals surface area contributed by atoms with E-state index in [4.69, 9.17) is 0 Å². The molecule has 0 heterocycles. The van der Waals surface area contributed by atoms with Crippen LogP contribution in [-0.2, 0) is 6.42 Å². The van der Waals surface area contributed by atoms with E-state index < -0.39 is 0 Å². The molecule has 0 aromatic heterocycles. The van der Waals surface area contributed by atoms with Crippen LogP contribution >= 0.6 is 0 Å². The summed E-state index contributed by atoms with van der Waals surface area (Å²) in [5.74, 6) is 0.174.